The van der Waals surface area contributed by atoms with Crippen LogP contribution in [0.3, 0.4) is 0 Å². The number of amides is 1. The molecule has 1 aliphatic heterocycles. The topological polar surface area (TPSA) is 97.0 Å². The van der Waals surface area contributed by atoms with Gasteiger partial charge in [0.1, 0.15) is 11.1 Å². The number of hydrogen-bond acceptors (Lipinski definition) is 7. The van der Waals surface area contributed by atoms with E-state index in [1.165, 1.54) is 28.0 Å². The zero-order valence-electron chi connectivity index (χ0n) is 19.0. The smallest absolute Gasteiger partial charge is 0.262 e. The Hall–Kier alpha value is -2.67. The number of aromatic nitrogens is 2. The van der Waals surface area contributed by atoms with Crippen LogP contribution in [0.4, 0.5) is 5.00 Å². The lowest BCUT2D eigenvalue weighted by atomic mass is 9.89. The van der Waals surface area contributed by atoms with Gasteiger partial charge in [0, 0.05) is 11.5 Å². The highest BCUT2D eigenvalue weighted by atomic mass is 32.2. The molecule has 1 fully saturated rings. The second-order valence-electron chi connectivity index (χ2n) is 8.97. The van der Waals surface area contributed by atoms with Gasteiger partial charge >= 0.3 is 0 Å². The molecule has 1 amide bonds. The van der Waals surface area contributed by atoms with Gasteiger partial charge in [0.05, 0.1) is 34.9 Å². The molecular weight excluding hydrogens is 468 g/mol. The Balaban J connectivity index is 1.36. The first-order valence-corrected chi connectivity index (χ1v) is 13.4. The molecule has 3 aromatic rings. The summed E-state index contributed by atoms with van der Waals surface area (Å²) in [5.74, 6) is 0.482. The number of hydrogen-bond donors (Lipinski definition) is 1. The highest BCUT2D eigenvalue weighted by Gasteiger charge is 2.25. The van der Waals surface area contributed by atoms with Gasteiger partial charge < -0.3 is 10.1 Å². The second kappa shape index (κ2) is 9.90. The van der Waals surface area contributed by atoms with E-state index in [4.69, 9.17) is 9.72 Å². The number of carbonyl (C=O) groups excluding carboxylic acids is 1. The summed E-state index contributed by atoms with van der Waals surface area (Å²) in [4.78, 5) is 32.0. The van der Waals surface area contributed by atoms with Crippen LogP contribution in [0, 0.1) is 17.2 Å². The van der Waals surface area contributed by atoms with Crippen LogP contribution in [0.1, 0.15) is 42.2 Å². The van der Waals surface area contributed by atoms with Crippen molar-refractivity contribution in [2.75, 3.05) is 17.7 Å². The van der Waals surface area contributed by atoms with E-state index in [-0.39, 0.29) is 23.3 Å². The lowest BCUT2D eigenvalue weighted by molar-refractivity contribution is -0.113. The number of benzene rings is 1. The number of fused-ring (bicyclic) bond motifs is 2. The van der Waals surface area contributed by atoms with Crippen molar-refractivity contribution in [3.8, 4) is 6.07 Å². The average Bonchev–Trinajstić information content (AvgIpc) is 3.46. The standard InChI is InChI=1S/C25H26N4O3S2/c1-15-8-9-17-19(12-26)23(34-21(17)11-15)28-22(30)14-33-25-27-20-7-3-2-6-18(20)24(31)29(25)13-16-5-4-10-32-16/h2-3,6-7,15-16H,4-5,8-11,13-14H2,1H3,(H,28,30). The minimum atomic E-state index is -0.209. The van der Waals surface area contributed by atoms with Crippen molar-refractivity contribution in [3.63, 3.8) is 0 Å². The molecule has 5 rings (SSSR count). The summed E-state index contributed by atoms with van der Waals surface area (Å²) < 4.78 is 7.39. The highest BCUT2D eigenvalue weighted by Crippen LogP contribution is 2.39. The van der Waals surface area contributed by atoms with Crippen molar-refractivity contribution in [2.24, 2.45) is 5.92 Å². The largest absolute Gasteiger partial charge is 0.376 e. The molecule has 1 aromatic carbocycles. The van der Waals surface area contributed by atoms with E-state index in [0.29, 0.717) is 45.7 Å². The molecule has 7 nitrogen and oxygen atoms in total. The summed E-state index contributed by atoms with van der Waals surface area (Å²) >= 11 is 2.76. The number of thiophene rings is 1. The molecule has 34 heavy (non-hydrogen) atoms. The first kappa shape index (κ1) is 23.1. The molecule has 0 radical (unpaired) electrons. The number of rotatable bonds is 6. The highest BCUT2D eigenvalue weighted by molar-refractivity contribution is 7.99. The van der Waals surface area contributed by atoms with Gasteiger partial charge in [-0.15, -0.1) is 11.3 Å². The van der Waals surface area contributed by atoms with Crippen molar-refractivity contribution in [1.29, 1.82) is 5.26 Å². The molecule has 9 heteroatoms. The van der Waals surface area contributed by atoms with Gasteiger partial charge in [0.15, 0.2) is 5.16 Å². The van der Waals surface area contributed by atoms with Crippen molar-refractivity contribution in [1.82, 2.24) is 9.55 Å². The Morgan fingerprint density at radius 1 is 1.38 bits per heavy atom. The number of nitrogens with one attached hydrogen (secondary N) is 1. The minimum Gasteiger partial charge on any atom is -0.376 e. The molecule has 2 atom stereocenters. The van der Waals surface area contributed by atoms with E-state index in [1.807, 2.05) is 18.2 Å². The predicted octanol–water partition coefficient (Wildman–Crippen LogP) is 4.36. The number of anilines is 1. The Morgan fingerprint density at radius 2 is 2.24 bits per heavy atom. The van der Waals surface area contributed by atoms with E-state index in [1.54, 1.807) is 10.6 Å². The summed E-state index contributed by atoms with van der Waals surface area (Å²) in [7, 11) is 0. The fourth-order valence-electron chi connectivity index (χ4n) is 4.66. The molecule has 0 bridgehead atoms. The van der Waals surface area contributed by atoms with E-state index in [2.05, 4.69) is 18.3 Å². The lowest BCUT2D eigenvalue weighted by Gasteiger charge is -2.17. The molecule has 1 N–H and O–H groups in total. The number of ether oxygens (including phenoxy) is 1. The molecule has 0 spiro atoms. The van der Waals surface area contributed by atoms with E-state index >= 15 is 0 Å². The van der Waals surface area contributed by atoms with Gasteiger partial charge in [-0.2, -0.15) is 5.26 Å². The Bertz CT molecular complexity index is 1330. The van der Waals surface area contributed by atoms with Gasteiger partial charge in [0.2, 0.25) is 5.91 Å². The van der Waals surface area contributed by atoms with Crippen LogP contribution in [0.15, 0.2) is 34.2 Å². The first-order chi connectivity index (χ1) is 16.5. The molecule has 0 saturated carbocycles. The third-order valence-corrected chi connectivity index (χ3v) is 8.59. The van der Waals surface area contributed by atoms with E-state index < -0.39 is 0 Å². The maximum absolute atomic E-state index is 13.2. The number of nitriles is 1. The maximum Gasteiger partial charge on any atom is 0.262 e. The molecule has 2 unspecified atom stereocenters. The third kappa shape index (κ3) is 4.63. The SMILES string of the molecule is CC1CCc2c(sc(NC(=O)CSc3nc4ccccc4c(=O)n3CC3CCCO3)c2C#N)C1. The molecule has 1 saturated heterocycles. The molecule has 2 aliphatic rings. The van der Waals surface area contributed by atoms with Crippen LogP contribution in [-0.2, 0) is 28.9 Å². The Morgan fingerprint density at radius 3 is 3.03 bits per heavy atom. The number of nitrogens with zero attached hydrogens (tertiary/aromatic N) is 3. The van der Waals surface area contributed by atoms with E-state index in [0.717, 1.165) is 37.7 Å². The predicted molar refractivity (Wildman–Crippen MR) is 135 cm³/mol. The van der Waals surface area contributed by atoms with Crippen molar-refractivity contribution < 1.29 is 9.53 Å². The van der Waals surface area contributed by atoms with Crippen molar-refractivity contribution in [2.45, 2.75) is 56.8 Å². The van der Waals surface area contributed by atoms with Gasteiger partial charge in [-0.1, -0.05) is 30.8 Å². The van der Waals surface area contributed by atoms with Gasteiger partial charge in [-0.05, 0) is 55.7 Å². The normalized spacial score (nSPS) is 19.6. The lowest BCUT2D eigenvalue weighted by Crippen LogP contribution is -2.29. The number of para-hydroxylation sites is 1. The molecule has 1 aliphatic carbocycles. The molecular formula is C25H26N4O3S2. The van der Waals surface area contributed by atoms with Crippen LogP contribution in [0.5, 0.6) is 0 Å². The fraction of sp³-hybridized carbons (Fsp3) is 0.440. The summed E-state index contributed by atoms with van der Waals surface area (Å²) in [5.41, 5.74) is 2.20. The molecule has 3 heterocycles. The minimum absolute atomic E-state index is 0.0214. The first-order valence-electron chi connectivity index (χ1n) is 11.6. The molecule has 176 valence electrons. The van der Waals surface area contributed by atoms with Gasteiger partial charge in [-0.3, -0.25) is 14.2 Å². The average molecular weight is 495 g/mol. The second-order valence-corrected chi connectivity index (χ2v) is 11.0. The van der Waals surface area contributed by atoms with E-state index in [9.17, 15) is 14.9 Å². The van der Waals surface area contributed by atoms with Crippen molar-refractivity contribution >= 4 is 44.9 Å². The number of thioether (sulfide) groups is 1. The summed E-state index contributed by atoms with van der Waals surface area (Å²) in [6, 6.07) is 9.56. The zero-order chi connectivity index (χ0) is 23.7. The van der Waals surface area contributed by atoms with Crippen LogP contribution in [0.25, 0.3) is 10.9 Å². The maximum atomic E-state index is 13.2. The summed E-state index contributed by atoms with van der Waals surface area (Å²) in [5, 5.41) is 14.3. The monoisotopic (exact) mass is 494 g/mol. The zero-order valence-corrected chi connectivity index (χ0v) is 20.6. The summed E-state index contributed by atoms with van der Waals surface area (Å²) in [6.07, 6.45) is 4.77. The quantitative estimate of drug-likeness (QED) is 0.404. The van der Waals surface area contributed by atoms with Gasteiger partial charge in [-0.25, -0.2) is 4.98 Å². The molecule has 2 aromatic heterocycles. The third-order valence-electron chi connectivity index (χ3n) is 6.45. The fourth-order valence-corrected chi connectivity index (χ4v) is 6.85. The Labute approximate surface area is 206 Å². The van der Waals surface area contributed by atoms with Gasteiger partial charge in [0.25, 0.3) is 5.56 Å². The van der Waals surface area contributed by atoms with Crippen LogP contribution >= 0.6 is 23.1 Å². The van der Waals surface area contributed by atoms with Crippen LogP contribution < -0.4 is 10.9 Å². The summed E-state index contributed by atoms with van der Waals surface area (Å²) in [6.45, 7) is 3.35. The van der Waals surface area contributed by atoms with Crippen LogP contribution in [0.2, 0.25) is 0 Å². The van der Waals surface area contributed by atoms with Crippen molar-refractivity contribution in [3.05, 3.63) is 50.6 Å². The number of carbonyl (C=O) groups is 1. The van der Waals surface area contributed by atoms with Crippen LogP contribution in [-0.4, -0.2) is 33.9 Å². The Kier molecular flexibility index (Phi) is 6.73.